The van der Waals surface area contributed by atoms with Crippen molar-refractivity contribution in [2.24, 2.45) is 0 Å². The van der Waals surface area contributed by atoms with Gasteiger partial charge in [-0.2, -0.15) is 4.31 Å². The van der Waals surface area contributed by atoms with Gasteiger partial charge in [0.1, 0.15) is 0 Å². The molecule has 0 amide bonds. The second kappa shape index (κ2) is 6.70. The maximum absolute atomic E-state index is 12.7. The molecule has 1 aromatic carbocycles. The van der Waals surface area contributed by atoms with Crippen molar-refractivity contribution < 1.29 is 8.42 Å². The highest BCUT2D eigenvalue weighted by atomic mass is 32.2. The fourth-order valence-electron chi connectivity index (χ4n) is 2.13. The summed E-state index contributed by atoms with van der Waals surface area (Å²) in [5.41, 5.74) is 2.12. The lowest BCUT2D eigenvalue weighted by Gasteiger charge is -2.18. The number of aryl methyl sites for hydroxylation is 1. The molecule has 0 unspecified atom stereocenters. The fourth-order valence-corrected chi connectivity index (χ4v) is 4.70. The van der Waals surface area contributed by atoms with Crippen molar-refractivity contribution >= 4 is 21.4 Å². The lowest BCUT2D eigenvalue weighted by atomic mass is 10.1. The lowest BCUT2D eigenvalue weighted by molar-refractivity contribution is 0.465. The van der Waals surface area contributed by atoms with E-state index < -0.39 is 10.0 Å². The summed E-state index contributed by atoms with van der Waals surface area (Å²) in [6.45, 7) is 2.93. The van der Waals surface area contributed by atoms with E-state index in [0.29, 0.717) is 18.0 Å². The highest BCUT2D eigenvalue weighted by Gasteiger charge is 2.25. The molecule has 0 aliphatic carbocycles. The van der Waals surface area contributed by atoms with Crippen molar-refractivity contribution in [3.63, 3.8) is 0 Å². The van der Waals surface area contributed by atoms with E-state index >= 15 is 0 Å². The van der Waals surface area contributed by atoms with Gasteiger partial charge in [-0.25, -0.2) is 8.42 Å². The summed E-state index contributed by atoms with van der Waals surface area (Å²) in [6, 6.07) is 9.52. The van der Waals surface area contributed by atoms with E-state index in [0.717, 1.165) is 16.0 Å². The van der Waals surface area contributed by atoms with Crippen LogP contribution in [0.2, 0.25) is 0 Å². The third-order valence-electron chi connectivity index (χ3n) is 3.38. The van der Waals surface area contributed by atoms with E-state index in [1.165, 1.54) is 15.6 Å². The molecule has 6 heteroatoms. The van der Waals surface area contributed by atoms with Crippen molar-refractivity contribution in [2.75, 3.05) is 14.1 Å². The number of nitrogens with one attached hydrogen (secondary N) is 1. The van der Waals surface area contributed by atoms with Crippen LogP contribution in [0.15, 0.2) is 40.6 Å². The zero-order valence-corrected chi connectivity index (χ0v) is 14.1. The number of thiophene rings is 1. The van der Waals surface area contributed by atoms with E-state index in [9.17, 15) is 8.42 Å². The first-order valence-corrected chi connectivity index (χ1v) is 9.00. The van der Waals surface area contributed by atoms with Crippen LogP contribution in [-0.2, 0) is 23.1 Å². The van der Waals surface area contributed by atoms with Crippen molar-refractivity contribution in [1.29, 1.82) is 0 Å². The Morgan fingerprint density at radius 1 is 1.24 bits per heavy atom. The molecule has 0 bridgehead atoms. The molecule has 1 N–H and O–H groups in total. The summed E-state index contributed by atoms with van der Waals surface area (Å²) >= 11 is 1.46. The Bertz CT molecular complexity index is 708. The minimum absolute atomic E-state index is 0.379. The summed E-state index contributed by atoms with van der Waals surface area (Å²) in [4.78, 5) is 1.24. The molecule has 21 heavy (non-hydrogen) atoms. The Balaban J connectivity index is 2.27. The molecule has 1 heterocycles. The quantitative estimate of drug-likeness (QED) is 0.888. The molecule has 0 saturated heterocycles. The third kappa shape index (κ3) is 3.52. The second-order valence-electron chi connectivity index (χ2n) is 4.93. The molecule has 0 spiro atoms. The summed E-state index contributed by atoms with van der Waals surface area (Å²) in [6.07, 6.45) is 0. The zero-order chi connectivity index (χ0) is 15.5. The predicted octanol–water partition coefficient (Wildman–Crippen LogP) is 2.60. The largest absolute Gasteiger partial charge is 0.315 e. The number of hydrogen-bond acceptors (Lipinski definition) is 4. The van der Waals surface area contributed by atoms with Gasteiger partial charge in [-0.15, -0.1) is 11.3 Å². The number of sulfonamides is 1. The molecular weight excluding hydrogens is 304 g/mol. The van der Waals surface area contributed by atoms with Gasteiger partial charge in [-0.05, 0) is 36.5 Å². The van der Waals surface area contributed by atoms with Crippen LogP contribution >= 0.6 is 11.3 Å². The summed E-state index contributed by atoms with van der Waals surface area (Å²) in [5.74, 6) is 0. The van der Waals surface area contributed by atoms with Crippen LogP contribution < -0.4 is 5.32 Å². The highest BCUT2D eigenvalue weighted by molar-refractivity contribution is 7.89. The fraction of sp³-hybridized carbons (Fsp3) is 0.333. The van der Waals surface area contributed by atoms with E-state index in [-0.39, 0.29) is 0 Å². The first-order chi connectivity index (χ1) is 9.96. The summed E-state index contributed by atoms with van der Waals surface area (Å²) in [7, 11) is -0.0195. The van der Waals surface area contributed by atoms with Crippen LogP contribution in [0.25, 0.3) is 0 Å². The van der Waals surface area contributed by atoms with Gasteiger partial charge in [0.15, 0.2) is 0 Å². The van der Waals surface area contributed by atoms with Gasteiger partial charge in [0.2, 0.25) is 10.0 Å². The van der Waals surface area contributed by atoms with Crippen LogP contribution in [0, 0.1) is 6.92 Å². The average Bonchev–Trinajstić information content (AvgIpc) is 2.90. The standard InChI is InChI=1S/C15H20N2O2S2/c1-12-6-4-5-7-13(12)11-17(3)21(18,19)15-8-9-20-14(15)10-16-2/h4-9,16H,10-11H2,1-3H3. The molecule has 0 aliphatic rings. The van der Waals surface area contributed by atoms with E-state index in [4.69, 9.17) is 0 Å². The molecule has 0 atom stereocenters. The van der Waals surface area contributed by atoms with Gasteiger partial charge in [0.25, 0.3) is 0 Å². The monoisotopic (exact) mass is 324 g/mol. The van der Waals surface area contributed by atoms with Gasteiger partial charge >= 0.3 is 0 Å². The number of hydrogen-bond donors (Lipinski definition) is 1. The van der Waals surface area contributed by atoms with Crippen LogP contribution in [0.4, 0.5) is 0 Å². The number of nitrogens with zero attached hydrogens (tertiary/aromatic N) is 1. The van der Waals surface area contributed by atoms with Crippen molar-refractivity contribution in [3.8, 4) is 0 Å². The van der Waals surface area contributed by atoms with Crippen LogP contribution in [-0.4, -0.2) is 26.8 Å². The van der Waals surface area contributed by atoms with E-state index in [2.05, 4.69) is 5.32 Å². The molecule has 0 aliphatic heterocycles. The lowest BCUT2D eigenvalue weighted by Crippen LogP contribution is -2.27. The maximum Gasteiger partial charge on any atom is 0.244 e. The number of benzene rings is 1. The van der Waals surface area contributed by atoms with Crippen LogP contribution in [0.5, 0.6) is 0 Å². The van der Waals surface area contributed by atoms with Crippen molar-refractivity contribution in [1.82, 2.24) is 9.62 Å². The maximum atomic E-state index is 12.7. The minimum atomic E-state index is -3.46. The molecular formula is C15H20N2O2S2. The van der Waals surface area contributed by atoms with Crippen LogP contribution in [0.1, 0.15) is 16.0 Å². The first kappa shape index (κ1) is 16.2. The molecule has 1 aromatic heterocycles. The van der Waals surface area contributed by atoms with Crippen molar-refractivity contribution in [3.05, 3.63) is 51.7 Å². The Kier molecular flexibility index (Phi) is 5.16. The van der Waals surface area contributed by atoms with Crippen molar-refractivity contribution in [2.45, 2.75) is 24.9 Å². The van der Waals surface area contributed by atoms with Gasteiger partial charge in [-0.1, -0.05) is 24.3 Å². The molecule has 2 rings (SSSR count). The third-order valence-corrected chi connectivity index (χ3v) is 6.32. The zero-order valence-electron chi connectivity index (χ0n) is 12.5. The molecule has 4 nitrogen and oxygen atoms in total. The first-order valence-electron chi connectivity index (χ1n) is 6.68. The van der Waals surface area contributed by atoms with Gasteiger partial charge < -0.3 is 5.32 Å². The summed E-state index contributed by atoms with van der Waals surface area (Å²) < 4.78 is 26.8. The molecule has 2 aromatic rings. The predicted molar refractivity (Wildman–Crippen MR) is 86.9 cm³/mol. The van der Waals surface area contributed by atoms with E-state index in [1.54, 1.807) is 13.1 Å². The van der Waals surface area contributed by atoms with Gasteiger partial charge in [0, 0.05) is 25.0 Å². The minimum Gasteiger partial charge on any atom is -0.315 e. The highest BCUT2D eigenvalue weighted by Crippen LogP contribution is 2.25. The SMILES string of the molecule is CNCc1sccc1S(=O)(=O)N(C)Cc1ccccc1C. The van der Waals surface area contributed by atoms with Gasteiger partial charge in [0.05, 0.1) is 4.90 Å². The normalized spacial score (nSPS) is 12.0. The molecule has 0 radical (unpaired) electrons. The topological polar surface area (TPSA) is 49.4 Å². The van der Waals surface area contributed by atoms with Gasteiger partial charge in [-0.3, -0.25) is 0 Å². The second-order valence-corrected chi connectivity index (χ2v) is 7.94. The average molecular weight is 324 g/mol. The Labute approximate surface area is 130 Å². The number of rotatable bonds is 6. The molecule has 0 fully saturated rings. The molecule has 0 saturated carbocycles. The smallest absolute Gasteiger partial charge is 0.244 e. The molecule has 114 valence electrons. The van der Waals surface area contributed by atoms with E-state index in [1.807, 2.05) is 43.6 Å². The van der Waals surface area contributed by atoms with Crippen LogP contribution in [0.3, 0.4) is 0 Å². The Hall–Kier alpha value is -1.21. The Morgan fingerprint density at radius 3 is 2.62 bits per heavy atom. The Morgan fingerprint density at radius 2 is 1.95 bits per heavy atom. The summed E-state index contributed by atoms with van der Waals surface area (Å²) in [5, 5.41) is 4.83.